The molecule has 7 rings (SSSR count). The molecule has 0 saturated heterocycles. The van der Waals surface area contributed by atoms with E-state index in [4.69, 9.17) is 9.98 Å². The number of hydrogen-bond acceptors (Lipinski definition) is 4. The number of aryl methyl sites for hydroxylation is 2. The number of phenols is 2. The molecule has 0 aliphatic carbocycles. The molecule has 5 aromatic carbocycles. The molecule has 0 unspecified atom stereocenters. The number of aromatic nitrogens is 2. The first-order chi connectivity index (χ1) is 19.5. The standard InChI is InChI=1S/C34H26N4O2/c1-37-27-13-7-3-9-21(27)33-23(31(39)17-15-29(33)37)19-35-25-11-5-6-12-26(25)36-20-24-32(40)18-16-30-34(24)22-10-4-8-14-28(22)38(30)2/h3-20,39-40H,1-2H3. The Kier molecular flexibility index (Phi) is 5.42. The molecule has 2 aromatic heterocycles. The van der Waals surface area contributed by atoms with Crippen molar-refractivity contribution in [2.24, 2.45) is 24.1 Å². The highest BCUT2D eigenvalue weighted by atomic mass is 16.3. The van der Waals surface area contributed by atoms with Gasteiger partial charge in [-0.3, -0.25) is 9.98 Å². The van der Waals surface area contributed by atoms with Gasteiger partial charge in [0.1, 0.15) is 11.5 Å². The van der Waals surface area contributed by atoms with Crippen molar-refractivity contribution < 1.29 is 10.2 Å². The predicted molar refractivity (Wildman–Crippen MR) is 165 cm³/mol. The van der Waals surface area contributed by atoms with Crippen molar-refractivity contribution in [2.45, 2.75) is 0 Å². The van der Waals surface area contributed by atoms with E-state index in [2.05, 4.69) is 33.4 Å². The van der Waals surface area contributed by atoms with E-state index in [1.54, 1.807) is 24.6 Å². The molecule has 0 fully saturated rings. The second-order valence-corrected chi connectivity index (χ2v) is 9.94. The third kappa shape index (κ3) is 3.57. The zero-order valence-electron chi connectivity index (χ0n) is 22.1. The van der Waals surface area contributed by atoms with E-state index in [1.165, 1.54) is 0 Å². The Morgan fingerprint density at radius 1 is 0.500 bits per heavy atom. The summed E-state index contributed by atoms with van der Waals surface area (Å²) in [4.78, 5) is 9.56. The summed E-state index contributed by atoms with van der Waals surface area (Å²) in [5.41, 5.74) is 6.84. The van der Waals surface area contributed by atoms with Crippen molar-refractivity contribution in [1.82, 2.24) is 9.13 Å². The van der Waals surface area contributed by atoms with Gasteiger partial charge in [0, 0.05) is 81.3 Å². The second-order valence-electron chi connectivity index (χ2n) is 9.94. The maximum Gasteiger partial charge on any atom is 0.125 e. The Morgan fingerprint density at radius 2 is 0.900 bits per heavy atom. The predicted octanol–water partition coefficient (Wildman–Crippen LogP) is 7.89. The van der Waals surface area contributed by atoms with Crippen LogP contribution >= 0.6 is 0 Å². The Balaban J connectivity index is 1.34. The molecule has 0 aliphatic heterocycles. The van der Waals surface area contributed by atoms with Gasteiger partial charge in [-0.1, -0.05) is 48.5 Å². The molecule has 0 radical (unpaired) electrons. The zero-order chi connectivity index (χ0) is 27.4. The van der Waals surface area contributed by atoms with Gasteiger partial charge in [-0.25, -0.2) is 0 Å². The van der Waals surface area contributed by atoms with E-state index in [1.807, 2.05) is 74.8 Å². The van der Waals surface area contributed by atoms with Gasteiger partial charge in [0.2, 0.25) is 0 Å². The number of aliphatic imine (C=N–C) groups is 2. The summed E-state index contributed by atoms with van der Waals surface area (Å²) in [5.74, 6) is 0.335. The fraction of sp³-hybridized carbons (Fsp3) is 0.0588. The molecule has 0 spiro atoms. The van der Waals surface area contributed by atoms with Crippen LogP contribution in [0, 0.1) is 0 Å². The van der Waals surface area contributed by atoms with Crippen LogP contribution in [0.3, 0.4) is 0 Å². The number of hydrogen-bond donors (Lipinski definition) is 2. The number of para-hydroxylation sites is 4. The minimum absolute atomic E-state index is 0.168. The van der Waals surface area contributed by atoms with Crippen LogP contribution in [0.5, 0.6) is 11.5 Å². The molecule has 0 bridgehead atoms. The van der Waals surface area contributed by atoms with Crippen molar-refractivity contribution >= 4 is 67.4 Å². The molecule has 194 valence electrons. The number of fused-ring (bicyclic) bond motifs is 6. The molecular weight excluding hydrogens is 496 g/mol. The van der Waals surface area contributed by atoms with Crippen molar-refractivity contribution in [3.8, 4) is 11.5 Å². The van der Waals surface area contributed by atoms with Gasteiger partial charge in [-0.05, 0) is 48.5 Å². The Morgan fingerprint density at radius 3 is 1.35 bits per heavy atom. The Hall–Kier alpha value is -5.36. The minimum atomic E-state index is 0.168. The molecule has 7 aromatic rings. The molecule has 0 aliphatic rings. The van der Waals surface area contributed by atoms with Crippen molar-refractivity contribution in [2.75, 3.05) is 0 Å². The molecule has 0 amide bonds. The highest BCUT2D eigenvalue weighted by Gasteiger charge is 2.15. The van der Waals surface area contributed by atoms with Gasteiger partial charge in [0.15, 0.2) is 0 Å². The van der Waals surface area contributed by atoms with Crippen LogP contribution in [-0.2, 0) is 14.1 Å². The minimum Gasteiger partial charge on any atom is -0.507 e. The molecule has 40 heavy (non-hydrogen) atoms. The summed E-state index contributed by atoms with van der Waals surface area (Å²) in [5, 5.41) is 25.7. The zero-order valence-corrected chi connectivity index (χ0v) is 22.1. The van der Waals surface area contributed by atoms with Gasteiger partial charge >= 0.3 is 0 Å². The van der Waals surface area contributed by atoms with Gasteiger partial charge in [-0.15, -0.1) is 0 Å². The average molecular weight is 523 g/mol. The molecule has 0 saturated carbocycles. The number of nitrogens with zero attached hydrogens (tertiary/aromatic N) is 4. The fourth-order valence-corrected chi connectivity index (χ4v) is 5.75. The highest BCUT2D eigenvalue weighted by Crippen LogP contribution is 2.37. The van der Waals surface area contributed by atoms with Crippen LogP contribution in [0.25, 0.3) is 43.6 Å². The van der Waals surface area contributed by atoms with Crippen LogP contribution in [0.4, 0.5) is 11.4 Å². The Bertz CT molecular complexity index is 2010. The van der Waals surface area contributed by atoms with Gasteiger partial charge in [0.05, 0.1) is 11.4 Å². The SMILES string of the molecule is Cn1c2ccccc2c2c(C=Nc3ccccc3N=Cc3c(O)ccc4c3c3ccccc3n4C)c(O)ccc21. The summed E-state index contributed by atoms with van der Waals surface area (Å²) < 4.78 is 4.25. The summed E-state index contributed by atoms with van der Waals surface area (Å²) >= 11 is 0. The average Bonchev–Trinajstić information content (AvgIpc) is 3.44. The number of phenolic OH excluding ortho intramolecular Hbond substituents is 2. The fourth-order valence-electron chi connectivity index (χ4n) is 5.75. The van der Waals surface area contributed by atoms with E-state index in [9.17, 15) is 10.2 Å². The lowest BCUT2D eigenvalue weighted by Crippen LogP contribution is -1.89. The van der Waals surface area contributed by atoms with Gasteiger partial charge < -0.3 is 19.3 Å². The molecule has 0 atom stereocenters. The number of benzene rings is 5. The van der Waals surface area contributed by atoms with Crippen LogP contribution in [-0.4, -0.2) is 31.8 Å². The molecule has 2 heterocycles. The van der Waals surface area contributed by atoms with Crippen molar-refractivity contribution in [1.29, 1.82) is 0 Å². The molecular formula is C34H26N4O2. The van der Waals surface area contributed by atoms with E-state index in [0.717, 1.165) is 43.6 Å². The quantitative estimate of drug-likeness (QED) is 0.231. The Labute approximate surface area is 230 Å². The van der Waals surface area contributed by atoms with Crippen LogP contribution in [0.2, 0.25) is 0 Å². The highest BCUT2D eigenvalue weighted by molar-refractivity contribution is 6.18. The summed E-state index contributed by atoms with van der Waals surface area (Å²) in [7, 11) is 4.05. The van der Waals surface area contributed by atoms with E-state index >= 15 is 0 Å². The topological polar surface area (TPSA) is 75.0 Å². The molecule has 6 heteroatoms. The van der Waals surface area contributed by atoms with Crippen LogP contribution in [0.15, 0.2) is 107 Å². The van der Waals surface area contributed by atoms with Gasteiger partial charge in [-0.2, -0.15) is 0 Å². The van der Waals surface area contributed by atoms with E-state index < -0.39 is 0 Å². The van der Waals surface area contributed by atoms with E-state index in [-0.39, 0.29) is 11.5 Å². The summed E-state index contributed by atoms with van der Waals surface area (Å²) in [6, 6.07) is 31.2. The smallest absolute Gasteiger partial charge is 0.125 e. The largest absolute Gasteiger partial charge is 0.507 e. The van der Waals surface area contributed by atoms with Crippen LogP contribution < -0.4 is 0 Å². The first-order valence-electron chi connectivity index (χ1n) is 13.1. The molecule has 2 N–H and O–H groups in total. The second kappa shape index (κ2) is 9.13. The lowest BCUT2D eigenvalue weighted by Gasteiger charge is -2.05. The first kappa shape index (κ1) is 23.7. The molecule has 6 nitrogen and oxygen atoms in total. The van der Waals surface area contributed by atoms with Gasteiger partial charge in [0.25, 0.3) is 0 Å². The third-order valence-electron chi connectivity index (χ3n) is 7.74. The van der Waals surface area contributed by atoms with Crippen molar-refractivity contribution in [3.63, 3.8) is 0 Å². The lowest BCUT2D eigenvalue weighted by atomic mass is 10.1. The first-order valence-corrected chi connectivity index (χ1v) is 13.1. The van der Waals surface area contributed by atoms with Crippen molar-refractivity contribution in [3.05, 3.63) is 108 Å². The lowest BCUT2D eigenvalue weighted by molar-refractivity contribution is 0.475. The van der Waals surface area contributed by atoms with Crippen LogP contribution in [0.1, 0.15) is 11.1 Å². The maximum absolute atomic E-state index is 10.8. The summed E-state index contributed by atoms with van der Waals surface area (Å²) in [6.45, 7) is 0. The van der Waals surface area contributed by atoms with E-state index in [0.29, 0.717) is 22.5 Å². The number of aromatic hydroxyl groups is 2. The summed E-state index contributed by atoms with van der Waals surface area (Å²) in [6.07, 6.45) is 3.42. The monoisotopic (exact) mass is 522 g/mol. The normalized spacial score (nSPS) is 12.2. The third-order valence-corrected chi connectivity index (χ3v) is 7.74. The number of rotatable bonds is 4. The maximum atomic E-state index is 10.8.